The Balaban J connectivity index is 0.00000256. The lowest BCUT2D eigenvalue weighted by Crippen LogP contribution is -2.26. The lowest BCUT2D eigenvalue weighted by Gasteiger charge is -2.22. The molecule has 1 saturated carbocycles. The van der Waals surface area contributed by atoms with E-state index in [4.69, 9.17) is 0 Å². The summed E-state index contributed by atoms with van der Waals surface area (Å²) >= 11 is 0. The molecule has 154 valence electrons. The molecule has 2 fully saturated rings. The van der Waals surface area contributed by atoms with Gasteiger partial charge in [0.2, 0.25) is 11.8 Å². The number of aromatic nitrogens is 2. The molecule has 1 saturated heterocycles. The normalized spacial score (nSPS) is 22.7. The number of ether oxygens (including phenoxy) is 1. The number of amides is 1. The van der Waals surface area contributed by atoms with Crippen molar-refractivity contribution < 1.29 is 19.7 Å². The predicted octanol–water partition coefficient (Wildman–Crippen LogP) is 3.23. The van der Waals surface area contributed by atoms with Crippen LogP contribution in [0.25, 0.3) is 6.08 Å². The van der Waals surface area contributed by atoms with Gasteiger partial charge in [-0.2, -0.15) is 8.78 Å². The van der Waals surface area contributed by atoms with Crippen molar-refractivity contribution in [2.75, 3.05) is 24.5 Å². The average molecular weight is 402 g/mol. The highest BCUT2D eigenvalue weighted by Crippen LogP contribution is 2.54. The van der Waals surface area contributed by atoms with Crippen molar-refractivity contribution in [2.24, 2.45) is 17.8 Å². The molecule has 6 nitrogen and oxygen atoms in total. The van der Waals surface area contributed by atoms with Gasteiger partial charge >= 0.3 is 6.61 Å². The Morgan fingerprint density at radius 3 is 2.90 bits per heavy atom. The van der Waals surface area contributed by atoms with Gasteiger partial charge in [-0.25, -0.2) is 4.98 Å². The van der Waals surface area contributed by atoms with Crippen molar-refractivity contribution in [1.29, 1.82) is 0 Å². The van der Waals surface area contributed by atoms with Gasteiger partial charge in [-0.3, -0.25) is 9.78 Å². The maximum absolute atomic E-state index is 12.3. The summed E-state index contributed by atoms with van der Waals surface area (Å²) < 4.78 is 29.1. The number of hydrogen-bond donors (Lipinski definition) is 1. The second-order valence-corrected chi connectivity index (χ2v) is 7.33. The summed E-state index contributed by atoms with van der Waals surface area (Å²) in [7, 11) is 0. The number of anilines is 1. The van der Waals surface area contributed by atoms with Crippen LogP contribution in [0.3, 0.4) is 0 Å². The van der Waals surface area contributed by atoms with Gasteiger partial charge in [-0.15, -0.1) is 0 Å². The van der Waals surface area contributed by atoms with Crippen LogP contribution in [0.5, 0.6) is 5.88 Å². The van der Waals surface area contributed by atoms with Gasteiger partial charge in [-0.05, 0) is 47.9 Å². The maximum Gasteiger partial charge on any atom is 0.388 e. The molecule has 2 aromatic rings. The number of halogens is 2. The van der Waals surface area contributed by atoms with E-state index in [9.17, 15) is 13.6 Å². The first-order chi connectivity index (χ1) is 14.1. The molecule has 3 heterocycles. The van der Waals surface area contributed by atoms with Crippen LogP contribution in [0, 0.1) is 17.8 Å². The van der Waals surface area contributed by atoms with Crippen LogP contribution in [0.4, 0.5) is 14.5 Å². The highest BCUT2D eigenvalue weighted by atomic mass is 19.3. The van der Waals surface area contributed by atoms with Crippen LogP contribution in [0.1, 0.15) is 13.4 Å². The fraction of sp³-hybridized carbons (Fsp3) is 0.381. The van der Waals surface area contributed by atoms with Gasteiger partial charge in [0.15, 0.2) is 0 Å². The van der Waals surface area contributed by atoms with Crippen molar-refractivity contribution >= 4 is 17.7 Å². The summed E-state index contributed by atoms with van der Waals surface area (Å²) in [5.41, 5.74) is 1.74. The molecule has 1 amide bonds. The third kappa shape index (κ3) is 4.88. The number of fused-ring (bicyclic) bond motifs is 1. The lowest BCUT2D eigenvalue weighted by molar-refractivity contribution is -0.116. The minimum atomic E-state index is -2.87. The summed E-state index contributed by atoms with van der Waals surface area (Å²) in [6.45, 7) is -0.441. The largest absolute Gasteiger partial charge is 0.417 e. The van der Waals surface area contributed by atoms with Crippen LogP contribution in [-0.4, -0.2) is 42.1 Å². The number of hydrogen-bond acceptors (Lipinski definition) is 5. The summed E-state index contributed by atoms with van der Waals surface area (Å²) in [6.07, 6.45) is 9.10. The van der Waals surface area contributed by atoms with Crippen LogP contribution >= 0.6 is 0 Å². The smallest absolute Gasteiger partial charge is 0.388 e. The van der Waals surface area contributed by atoms with Gasteiger partial charge in [0.25, 0.3) is 0 Å². The lowest BCUT2D eigenvalue weighted by atomic mass is 10.2. The molecule has 3 atom stereocenters. The van der Waals surface area contributed by atoms with Crippen molar-refractivity contribution in [3.63, 3.8) is 0 Å². The minimum absolute atomic E-state index is 0. The molecular formula is C21H24F2N4O2. The van der Waals surface area contributed by atoms with Crippen LogP contribution in [0.15, 0.2) is 48.9 Å². The van der Waals surface area contributed by atoms with Crippen molar-refractivity contribution in [2.45, 2.75) is 13.0 Å². The number of nitrogens with zero attached hydrogens (tertiary/aromatic N) is 3. The molecule has 0 radical (unpaired) electrons. The second kappa shape index (κ2) is 8.55. The number of pyridine rings is 2. The Morgan fingerprint density at radius 2 is 2.17 bits per heavy atom. The van der Waals surface area contributed by atoms with Gasteiger partial charge in [0.05, 0.1) is 0 Å². The monoisotopic (exact) mass is 402 g/mol. The Morgan fingerprint density at radius 1 is 1.34 bits per heavy atom. The quantitative estimate of drug-likeness (QED) is 0.687. The molecule has 1 N–H and O–H groups in total. The molecule has 8 heteroatoms. The number of piperidine rings is 1. The van der Waals surface area contributed by atoms with E-state index in [-0.39, 0.29) is 13.2 Å². The number of nitrogens with one attached hydrogen (secondary N) is 1. The third-order valence-corrected chi connectivity index (χ3v) is 5.55. The topological polar surface area (TPSA) is 67.4 Å². The molecule has 29 heavy (non-hydrogen) atoms. The predicted molar refractivity (Wildman–Crippen MR) is 107 cm³/mol. The fourth-order valence-electron chi connectivity index (χ4n) is 4.11. The molecule has 0 spiro atoms. The van der Waals surface area contributed by atoms with E-state index in [0.717, 1.165) is 30.8 Å². The molecular weight excluding hydrogens is 378 g/mol. The molecule has 1 aliphatic heterocycles. The summed E-state index contributed by atoms with van der Waals surface area (Å²) in [5, 5.41) is 2.93. The molecule has 4 rings (SSSR count). The Hall–Kier alpha value is -3.03. The Bertz CT molecular complexity index is 872. The number of rotatable bonds is 8. The van der Waals surface area contributed by atoms with Crippen LogP contribution < -0.4 is 15.0 Å². The zero-order chi connectivity index (χ0) is 20.2. The van der Waals surface area contributed by atoms with E-state index in [1.54, 1.807) is 24.5 Å². The Labute approximate surface area is 169 Å². The number of carbonyl (C=O) groups is 1. The van der Waals surface area contributed by atoms with E-state index in [0.29, 0.717) is 24.3 Å². The minimum Gasteiger partial charge on any atom is -0.417 e. The summed E-state index contributed by atoms with van der Waals surface area (Å²) in [4.78, 5) is 21.9. The van der Waals surface area contributed by atoms with Gasteiger partial charge in [0.1, 0.15) is 0 Å². The zero-order valence-corrected chi connectivity index (χ0v) is 15.7. The maximum atomic E-state index is 12.3. The Kier molecular flexibility index (Phi) is 5.69. The van der Waals surface area contributed by atoms with Crippen LogP contribution in [-0.2, 0) is 4.79 Å². The highest BCUT2D eigenvalue weighted by molar-refractivity contribution is 5.91. The van der Waals surface area contributed by atoms with Crippen molar-refractivity contribution in [3.8, 4) is 5.88 Å². The standard InChI is InChI=1S/C21H22F2N4O2.H2/c22-21(23)29-20-10-15(5-8-26-20)27-12-17-16(18(17)13-27)6-9-25-19(28)4-3-14-2-1-7-24-11-14;/h1-5,7-8,10-11,16-18,21H,6,9,12-13H2,(H,25,28);1H/b4-3+;/t16?,17-,18+;. The van der Waals surface area contributed by atoms with Gasteiger partial charge in [0, 0.05) is 57.5 Å². The molecule has 0 aromatic carbocycles. The van der Waals surface area contributed by atoms with Gasteiger partial charge in [-0.1, -0.05) is 6.07 Å². The first-order valence-electron chi connectivity index (χ1n) is 9.62. The fourth-order valence-corrected chi connectivity index (χ4v) is 4.11. The molecule has 2 aromatic heterocycles. The van der Waals surface area contributed by atoms with E-state index < -0.39 is 6.61 Å². The number of alkyl halides is 2. The zero-order valence-electron chi connectivity index (χ0n) is 15.7. The van der Waals surface area contributed by atoms with Gasteiger partial charge < -0.3 is 15.0 Å². The number of carbonyl (C=O) groups excluding carboxylic acids is 1. The van der Waals surface area contributed by atoms with E-state index in [2.05, 4.69) is 24.9 Å². The second-order valence-electron chi connectivity index (χ2n) is 7.33. The summed E-state index contributed by atoms with van der Waals surface area (Å²) in [5.74, 6) is 1.62. The average Bonchev–Trinajstić information content (AvgIpc) is 3.16. The highest BCUT2D eigenvalue weighted by Gasteiger charge is 2.54. The molecule has 0 bridgehead atoms. The molecule has 2 aliphatic rings. The summed E-state index contributed by atoms with van der Waals surface area (Å²) in [6, 6.07) is 7.08. The van der Waals surface area contributed by atoms with Crippen molar-refractivity contribution in [1.82, 2.24) is 15.3 Å². The van der Waals surface area contributed by atoms with Crippen LogP contribution in [0.2, 0.25) is 0 Å². The van der Waals surface area contributed by atoms with Crippen molar-refractivity contribution in [3.05, 3.63) is 54.5 Å². The van der Waals surface area contributed by atoms with E-state index in [1.807, 2.05) is 18.2 Å². The van der Waals surface area contributed by atoms with E-state index >= 15 is 0 Å². The van der Waals surface area contributed by atoms with E-state index in [1.165, 1.54) is 12.3 Å². The molecule has 1 unspecified atom stereocenters. The first-order valence-corrected chi connectivity index (χ1v) is 9.62. The SMILES string of the molecule is O=C(/C=C/c1cccnc1)NCCC1[C@H]2CN(c3ccnc(OC(F)F)c3)C[C@@H]12.[HH]. The third-order valence-electron chi connectivity index (χ3n) is 5.55. The molecule has 1 aliphatic carbocycles. The first kappa shape index (κ1) is 19.3.